The zero-order chi connectivity index (χ0) is 29.3. The molecular formula is C35H39N3O4. The number of aromatic nitrogens is 1. The van der Waals surface area contributed by atoms with Crippen LogP contribution in [-0.4, -0.2) is 47.1 Å². The molecule has 0 aliphatic carbocycles. The molecule has 3 aromatic carbocycles. The summed E-state index contributed by atoms with van der Waals surface area (Å²) in [5, 5.41) is 12.4. The van der Waals surface area contributed by atoms with Crippen molar-refractivity contribution in [3.8, 4) is 11.1 Å². The highest BCUT2D eigenvalue weighted by Crippen LogP contribution is 2.38. The molecular weight excluding hydrogens is 526 g/mol. The van der Waals surface area contributed by atoms with Crippen LogP contribution in [0.1, 0.15) is 53.7 Å². The Hall–Kier alpha value is -3.88. The number of aliphatic hydroxyl groups is 1. The number of hydrogen-bond acceptors (Lipinski definition) is 6. The minimum Gasteiger partial charge on any atom is -0.392 e. The number of likely N-dealkylation sites (N-methyl/N-ethyl adjacent to an activating group) is 1. The topological polar surface area (TPSA) is 83.9 Å². The lowest BCUT2D eigenvalue weighted by Gasteiger charge is -2.38. The fraction of sp³-hybridized carbons (Fsp3) is 0.314. The van der Waals surface area contributed by atoms with Crippen LogP contribution in [0.3, 0.4) is 0 Å². The Kier molecular flexibility index (Phi) is 10.1. The number of amides is 1. The van der Waals surface area contributed by atoms with Gasteiger partial charge in [0.2, 0.25) is 5.91 Å². The molecule has 1 aromatic heterocycles. The first kappa shape index (κ1) is 29.6. The fourth-order valence-corrected chi connectivity index (χ4v) is 5.24. The standard InChI is InChI=1S/C35H39N3O4/c1-25(40)37-22-27-6-5-7-31(20-27)28-13-15-30(16-14-28)35-41-33(23-38(2)19-17-32-8-3-4-18-36-32)21-34(42-35)29-11-9-26(24-39)10-12-29/h3-16,18,20,33-35,39H,17,19,21-24H2,1-2H3,(H,37,40)/t33-,34+,35+/m0/s1. The van der Waals surface area contributed by atoms with Gasteiger partial charge in [0.25, 0.3) is 0 Å². The number of carbonyl (C=O) groups is 1. The zero-order valence-electron chi connectivity index (χ0n) is 24.3. The van der Waals surface area contributed by atoms with E-state index in [1.807, 2.05) is 54.7 Å². The van der Waals surface area contributed by atoms with Gasteiger partial charge in [0.1, 0.15) is 0 Å². The second kappa shape index (κ2) is 14.3. The molecule has 7 nitrogen and oxygen atoms in total. The number of pyridine rings is 1. The van der Waals surface area contributed by atoms with Crippen LogP contribution in [0.2, 0.25) is 0 Å². The molecule has 2 heterocycles. The van der Waals surface area contributed by atoms with Gasteiger partial charge >= 0.3 is 0 Å². The molecule has 3 atom stereocenters. The van der Waals surface area contributed by atoms with E-state index in [2.05, 4.69) is 64.7 Å². The van der Waals surface area contributed by atoms with Crippen molar-refractivity contribution in [1.29, 1.82) is 0 Å². The van der Waals surface area contributed by atoms with Gasteiger partial charge in [-0.25, -0.2) is 0 Å². The maximum atomic E-state index is 11.3. The van der Waals surface area contributed by atoms with Gasteiger partial charge in [-0.15, -0.1) is 0 Å². The number of aliphatic hydroxyl groups excluding tert-OH is 1. The highest BCUT2D eigenvalue weighted by Gasteiger charge is 2.32. The first-order valence-electron chi connectivity index (χ1n) is 14.5. The van der Waals surface area contributed by atoms with Crippen molar-refractivity contribution >= 4 is 5.91 Å². The van der Waals surface area contributed by atoms with E-state index in [4.69, 9.17) is 9.47 Å². The molecule has 5 rings (SSSR count). The molecule has 0 saturated carbocycles. The van der Waals surface area contributed by atoms with Crippen molar-refractivity contribution in [2.75, 3.05) is 20.1 Å². The number of nitrogens with one attached hydrogen (secondary N) is 1. The molecule has 0 bridgehead atoms. The molecule has 1 saturated heterocycles. The molecule has 1 aliphatic heterocycles. The molecule has 218 valence electrons. The predicted octanol–water partition coefficient (Wildman–Crippen LogP) is 5.60. The third-order valence-electron chi connectivity index (χ3n) is 7.59. The second-order valence-electron chi connectivity index (χ2n) is 10.9. The first-order chi connectivity index (χ1) is 20.5. The third-order valence-corrected chi connectivity index (χ3v) is 7.59. The lowest BCUT2D eigenvalue weighted by molar-refractivity contribution is -0.252. The Morgan fingerprint density at radius 1 is 0.929 bits per heavy atom. The van der Waals surface area contributed by atoms with Crippen LogP contribution >= 0.6 is 0 Å². The molecule has 1 amide bonds. The van der Waals surface area contributed by atoms with E-state index in [0.717, 1.165) is 65.0 Å². The van der Waals surface area contributed by atoms with Crippen molar-refractivity contribution in [3.05, 3.63) is 125 Å². The number of carbonyl (C=O) groups excluding carboxylic acids is 1. The quantitative estimate of drug-likeness (QED) is 0.247. The largest absolute Gasteiger partial charge is 0.392 e. The maximum absolute atomic E-state index is 11.3. The predicted molar refractivity (Wildman–Crippen MR) is 163 cm³/mol. The second-order valence-corrected chi connectivity index (χ2v) is 10.9. The Morgan fingerprint density at radius 2 is 1.71 bits per heavy atom. The van der Waals surface area contributed by atoms with E-state index < -0.39 is 6.29 Å². The van der Waals surface area contributed by atoms with Gasteiger partial charge in [-0.3, -0.25) is 9.78 Å². The van der Waals surface area contributed by atoms with Gasteiger partial charge in [-0.1, -0.05) is 72.8 Å². The summed E-state index contributed by atoms with van der Waals surface area (Å²) < 4.78 is 13.1. The monoisotopic (exact) mass is 565 g/mol. The maximum Gasteiger partial charge on any atom is 0.217 e. The van der Waals surface area contributed by atoms with Crippen LogP contribution in [0, 0.1) is 0 Å². The van der Waals surface area contributed by atoms with Crippen LogP contribution in [0.25, 0.3) is 11.1 Å². The highest BCUT2D eigenvalue weighted by molar-refractivity contribution is 5.73. The lowest BCUT2D eigenvalue weighted by Crippen LogP contribution is -2.38. The van der Waals surface area contributed by atoms with Crippen LogP contribution in [0.4, 0.5) is 0 Å². The molecule has 0 unspecified atom stereocenters. The Labute approximate surface area is 248 Å². The van der Waals surface area contributed by atoms with Crippen LogP contribution in [0.15, 0.2) is 97.2 Å². The normalized spacial score (nSPS) is 18.6. The Balaban J connectivity index is 1.30. The summed E-state index contributed by atoms with van der Waals surface area (Å²) in [5.41, 5.74) is 7.23. The summed E-state index contributed by atoms with van der Waals surface area (Å²) >= 11 is 0. The van der Waals surface area contributed by atoms with Crippen molar-refractivity contribution < 1.29 is 19.4 Å². The van der Waals surface area contributed by atoms with E-state index in [1.54, 1.807) is 0 Å². The van der Waals surface area contributed by atoms with Gasteiger partial charge in [0.05, 0.1) is 18.8 Å². The molecule has 4 aromatic rings. The van der Waals surface area contributed by atoms with Gasteiger partial charge in [0.15, 0.2) is 6.29 Å². The van der Waals surface area contributed by atoms with E-state index >= 15 is 0 Å². The molecule has 42 heavy (non-hydrogen) atoms. The number of hydrogen-bond donors (Lipinski definition) is 2. The minimum absolute atomic E-state index is 0.0176. The Morgan fingerprint density at radius 3 is 2.43 bits per heavy atom. The zero-order valence-corrected chi connectivity index (χ0v) is 24.3. The SMILES string of the molecule is CC(=O)NCc1cccc(-c2ccc([C@@H]3O[C@H](CN(C)CCc4ccccn4)C[C@H](c4ccc(CO)cc4)O3)cc2)c1. The smallest absolute Gasteiger partial charge is 0.217 e. The van der Waals surface area contributed by atoms with Gasteiger partial charge in [-0.2, -0.15) is 0 Å². The summed E-state index contributed by atoms with van der Waals surface area (Å²) in [5.74, 6) is -0.0439. The average Bonchev–Trinajstić information content (AvgIpc) is 3.03. The van der Waals surface area contributed by atoms with Crippen molar-refractivity contribution in [3.63, 3.8) is 0 Å². The van der Waals surface area contributed by atoms with Gasteiger partial charge in [0, 0.05) is 56.9 Å². The first-order valence-corrected chi connectivity index (χ1v) is 14.5. The summed E-state index contributed by atoms with van der Waals surface area (Å²) in [4.78, 5) is 18.1. The van der Waals surface area contributed by atoms with Crippen LogP contribution in [0.5, 0.6) is 0 Å². The molecule has 7 heteroatoms. The number of ether oxygens (including phenoxy) is 2. The van der Waals surface area contributed by atoms with Crippen molar-refractivity contribution in [1.82, 2.24) is 15.2 Å². The number of benzene rings is 3. The van der Waals surface area contributed by atoms with Crippen LogP contribution < -0.4 is 5.32 Å². The third kappa shape index (κ3) is 8.11. The molecule has 1 fully saturated rings. The minimum atomic E-state index is -0.504. The average molecular weight is 566 g/mol. The highest BCUT2D eigenvalue weighted by atomic mass is 16.7. The molecule has 2 N–H and O–H groups in total. The molecule has 0 radical (unpaired) electrons. The van der Waals surface area contributed by atoms with E-state index in [-0.39, 0.29) is 24.7 Å². The number of rotatable bonds is 11. The van der Waals surface area contributed by atoms with E-state index in [9.17, 15) is 9.90 Å². The molecule has 0 spiro atoms. The molecule has 1 aliphatic rings. The lowest BCUT2D eigenvalue weighted by atomic mass is 9.99. The van der Waals surface area contributed by atoms with Crippen molar-refractivity contribution in [2.24, 2.45) is 0 Å². The number of nitrogens with zero attached hydrogens (tertiary/aromatic N) is 2. The van der Waals surface area contributed by atoms with Gasteiger partial charge < -0.3 is 24.8 Å². The van der Waals surface area contributed by atoms with Crippen LogP contribution in [-0.2, 0) is 33.8 Å². The summed E-state index contributed by atoms with van der Waals surface area (Å²) in [6.07, 6.45) is 2.80. The summed E-state index contributed by atoms with van der Waals surface area (Å²) in [7, 11) is 2.12. The van der Waals surface area contributed by atoms with Crippen molar-refractivity contribution in [2.45, 2.75) is 51.4 Å². The van der Waals surface area contributed by atoms with E-state index in [0.29, 0.717) is 6.54 Å². The van der Waals surface area contributed by atoms with Gasteiger partial charge in [-0.05, 0) is 53.1 Å². The summed E-state index contributed by atoms with van der Waals surface area (Å²) in [6, 6.07) is 30.5. The Bertz CT molecular complexity index is 1430. The fourth-order valence-electron chi connectivity index (χ4n) is 5.24. The summed E-state index contributed by atoms with van der Waals surface area (Å²) in [6.45, 7) is 3.70. The van der Waals surface area contributed by atoms with E-state index in [1.165, 1.54) is 6.92 Å².